The molecule has 0 bridgehead atoms. The molecule has 0 aliphatic carbocycles. The van der Waals surface area contributed by atoms with E-state index in [0.29, 0.717) is 17.8 Å². The number of carbonyl (C=O) groups is 2. The van der Waals surface area contributed by atoms with Crippen molar-refractivity contribution in [3.05, 3.63) is 47.5 Å². The Morgan fingerprint density at radius 1 is 1.19 bits per heavy atom. The minimum absolute atomic E-state index is 0.372. The molecule has 0 radical (unpaired) electrons. The minimum atomic E-state index is -0.456. The van der Waals surface area contributed by atoms with Crippen molar-refractivity contribution in [1.29, 1.82) is 0 Å². The lowest BCUT2D eigenvalue weighted by Gasteiger charge is -2.17. The maximum absolute atomic E-state index is 12.2. The molecule has 0 fully saturated rings. The van der Waals surface area contributed by atoms with Crippen molar-refractivity contribution in [3.8, 4) is 0 Å². The first-order valence-electron chi connectivity index (χ1n) is 7.13. The molecule has 2 heterocycles. The van der Waals surface area contributed by atoms with E-state index in [1.807, 2.05) is 36.6 Å². The quantitative estimate of drug-likeness (QED) is 0.808. The molecular formula is C16H17N3O2. The predicted octanol–water partition coefficient (Wildman–Crippen LogP) is 2.19. The maximum Gasteiger partial charge on any atom is 0.299 e. The van der Waals surface area contributed by atoms with Crippen LogP contribution < -0.4 is 4.90 Å². The van der Waals surface area contributed by atoms with E-state index < -0.39 is 11.7 Å². The number of hydrogen-bond donors (Lipinski definition) is 0. The summed E-state index contributed by atoms with van der Waals surface area (Å²) < 4.78 is 1.97. The number of anilines is 1. The van der Waals surface area contributed by atoms with Crippen LogP contribution in [-0.4, -0.2) is 21.2 Å². The maximum atomic E-state index is 12.2. The lowest BCUT2D eigenvalue weighted by molar-refractivity contribution is -0.114. The van der Waals surface area contributed by atoms with Crippen molar-refractivity contribution in [3.63, 3.8) is 0 Å². The van der Waals surface area contributed by atoms with Crippen molar-refractivity contribution in [2.24, 2.45) is 0 Å². The Morgan fingerprint density at radius 2 is 2.00 bits per heavy atom. The summed E-state index contributed by atoms with van der Waals surface area (Å²) in [7, 11) is 0. The van der Waals surface area contributed by atoms with E-state index in [-0.39, 0.29) is 0 Å². The van der Waals surface area contributed by atoms with Gasteiger partial charge in [0, 0.05) is 12.7 Å². The highest BCUT2D eigenvalue weighted by molar-refractivity contribution is 6.52. The molecule has 0 N–H and O–H groups in total. The normalized spacial score (nSPS) is 13.9. The molecule has 5 heteroatoms. The fourth-order valence-electron chi connectivity index (χ4n) is 2.65. The number of aryl methyl sites for hydroxylation is 2. The molecule has 1 amide bonds. The Kier molecular flexibility index (Phi) is 3.33. The number of fused-ring (bicyclic) bond motifs is 1. The lowest BCUT2D eigenvalue weighted by atomic mass is 10.1. The molecule has 1 aliphatic heterocycles. The van der Waals surface area contributed by atoms with Crippen molar-refractivity contribution in [1.82, 2.24) is 9.55 Å². The van der Waals surface area contributed by atoms with Crippen LogP contribution in [0.2, 0.25) is 0 Å². The molecule has 2 aromatic rings. The van der Waals surface area contributed by atoms with Gasteiger partial charge in [0.2, 0.25) is 0 Å². The fourth-order valence-corrected chi connectivity index (χ4v) is 2.65. The van der Waals surface area contributed by atoms with Gasteiger partial charge < -0.3 is 4.57 Å². The number of hydrogen-bond acceptors (Lipinski definition) is 3. The van der Waals surface area contributed by atoms with Crippen molar-refractivity contribution in [2.75, 3.05) is 4.90 Å². The van der Waals surface area contributed by atoms with Gasteiger partial charge in [-0.05, 0) is 31.0 Å². The highest BCUT2D eigenvalue weighted by atomic mass is 16.2. The largest absolute Gasteiger partial charge is 0.333 e. The Balaban J connectivity index is 1.98. The molecule has 0 atom stereocenters. The number of Topliss-reactive ketones (excluding diaryl/α,β-unsaturated/α-hetero) is 1. The smallest absolute Gasteiger partial charge is 0.299 e. The number of carbonyl (C=O) groups excluding carboxylic acids is 2. The lowest BCUT2D eigenvalue weighted by Crippen LogP contribution is -2.30. The molecule has 1 aliphatic rings. The topological polar surface area (TPSA) is 55.2 Å². The number of ketones is 1. The van der Waals surface area contributed by atoms with Crippen LogP contribution in [0.1, 0.15) is 35.5 Å². The Hall–Kier alpha value is -2.43. The zero-order valence-electron chi connectivity index (χ0n) is 12.2. The van der Waals surface area contributed by atoms with Gasteiger partial charge in [-0.2, -0.15) is 0 Å². The van der Waals surface area contributed by atoms with E-state index in [4.69, 9.17) is 0 Å². The zero-order chi connectivity index (χ0) is 15.0. The summed E-state index contributed by atoms with van der Waals surface area (Å²) in [6, 6.07) is 5.66. The molecule has 3 rings (SSSR count). The highest BCUT2D eigenvalue weighted by Gasteiger charge is 2.36. The number of imidazole rings is 1. The Bertz CT molecular complexity index is 718. The molecular weight excluding hydrogens is 266 g/mol. The minimum Gasteiger partial charge on any atom is -0.333 e. The van der Waals surface area contributed by atoms with Crippen LogP contribution in [0.5, 0.6) is 0 Å². The number of aromatic nitrogens is 2. The van der Waals surface area contributed by atoms with Crippen molar-refractivity contribution >= 4 is 17.4 Å². The fraction of sp³-hybridized carbons (Fsp3) is 0.312. The van der Waals surface area contributed by atoms with E-state index in [1.54, 1.807) is 17.4 Å². The van der Waals surface area contributed by atoms with E-state index in [9.17, 15) is 9.59 Å². The van der Waals surface area contributed by atoms with Gasteiger partial charge in [-0.15, -0.1) is 0 Å². The Labute approximate surface area is 123 Å². The number of rotatable bonds is 4. The first-order valence-corrected chi connectivity index (χ1v) is 7.13. The highest BCUT2D eigenvalue weighted by Crippen LogP contribution is 2.31. The molecule has 21 heavy (non-hydrogen) atoms. The van der Waals surface area contributed by atoms with Gasteiger partial charge in [-0.3, -0.25) is 14.5 Å². The summed E-state index contributed by atoms with van der Waals surface area (Å²) in [6.45, 7) is 5.20. The number of nitrogens with zero attached hydrogens (tertiary/aromatic N) is 3. The van der Waals surface area contributed by atoms with Gasteiger partial charge in [-0.1, -0.05) is 13.0 Å². The van der Waals surface area contributed by atoms with Crippen molar-refractivity contribution in [2.45, 2.75) is 33.4 Å². The molecule has 0 saturated heterocycles. The zero-order valence-corrected chi connectivity index (χ0v) is 12.2. The molecule has 1 aromatic carbocycles. The van der Waals surface area contributed by atoms with Crippen LogP contribution in [0.3, 0.4) is 0 Å². The second kappa shape index (κ2) is 5.16. The van der Waals surface area contributed by atoms with Crippen LogP contribution in [0.25, 0.3) is 0 Å². The summed E-state index contributed by atoms with van der Waals surface area (Å²) in [5.74, 6) is -0.870. The summed E-state index contributed by atoms with van der Waals surface area (Å²) >= 11 is 0. The molecule has 0 spiro atoms. The summed E-state index contributed by atoms with van der Waals surface area (Å²) in [5.41, 5.74) is 3.20. The second-order valence-electron chi connectivity index (χ2n) is 5.10. The van der Waals surface area contributed by atoms with Gasteiger partial charge >= 0.3 is 0 Å². The standard InChI is InChI=1S/C16H17N3O2/c1-3-11-5-6-14-13(7-11)15(20)16(21)19(14)9-12-8-17-10-18(12)4-2/h5-8,10H,3-4,9H2,1-2H3. The average Bonchev–Trinajstić information content (AvgIpc) is 3.06. The first-order chi connectivity index (χ1) is 10.2. The number of amides is 1. The predicted molar refractivity (Wildman–Crippen MR) is 79.2 cm³/mol. The molecule has 1 aromatic heterocycles. The van der Waals surface area contributed by atoms with E-state index >= 15 is 0 Å². The third-order valence-electron chi connectivity index (χ3n) is 3.90. The van der Waals surface area contributed by atoms with Crippen LogP contribution in [0.4, 0.5) is 5.69 Å². The summed E-state index contributed by atoms with van der Waals surface area (Å²) in [4.78, 5) is 30.0. The van der Waals surface area contributed by atoms with E-state index in [0.717, 1.165) is 24.2 Å². The van der Waals surface area contributed by atoms with Crippen LogP contribution in [-0.2, 0) is 24.3 Å². The SMILES string of the molecule is CCc1ccc2c(c1)C(=O)C(=O)N2Cc1cncn1CC. The Morgan fingerprint density at radius 3 is 2.71 bits per heavy atom. The summed E-state index contributed by atoms with van der Waals surface area (Å²) in [5, 5.41) is 0. The monoisotopic (exact) mass is 283 g/mol. The molecule has 0 saturated carbocycles. The van der Waals surface area contributed by atoms with E-state index in [1.165, 1.54) is 0 Å². The molecule has 0 unspecified atom stereocenters. The second-order valence-corrected chi connectivity index (χ2v) is 5.10. The third-order valence-corrected chi connectivity index (χ3v) is 3.90. The van der Waals surface area contributed by atoms with Crippen LogP contribution >= 0.6 is 0 Å². The van der Waals surface area contributed by atoms with Gasteiger partial charge in [0.15, 0.2) is 0 Å². The van der Waals surface area contributed by atoms with Gasteiger partial charge in [-0.25, -0.2) is 4.98 Å². The molecule has 108 valence electrons. The van der Waals surface area contributed by atoms with Crippen molar-refractivity contribution < 1.29 is 9.59 Å². The first kappa shape index (κ1) is 13.5. The van der Waals surface area contributed by atoms with Gasteiger partial charge in [0.05, 0.1) is 29.8 Å². The van der Waals surface area contributed by atoms with E-state index in [2.05, 4.69) is 4.98 Å². The average molecular weight is 283 g/mol. The summed E-state index contributed by atoms with van der Waals surface area (Å²) in [6.07, 6.45) is 4.32. The van der Waals surface area contributed by atoms with Gasteiger partial charge in [0.25, 0.3) is 11.7 Å². The van der Waals surface area contributed by atoms with Crippen LogP contribution in [0, 0.1) is 0 Å². The van der Waals surface area contributed by atoms with Gasteiger partial charge in [0.1, 0.15) is 0 Å². The third kappa shape index (κ3) is 2.14. The number of benzene rings is 1. The van der Waals surface area contributed by atoms with Crippen LogP contribution in [0.15, 0.2) is 30.7 Å². The molecule has 5 nitrogen and oxygen atoms in total.